The maximum Gasteiger partial charge on any atom is 0.323 e. The van der Waals surface area contributed by atoms with Crippen molar-refractivity contribution in [3.05, 3.63) is 72.4 Å². The van der Waals surface area contributed by atoms with Crippen molar-refractivity contribution in [2.24, 2.45) is 0 Å². The van der Waals surface area contributed by atoms with Gasteiger partial charge in [-0.05, 0) is 55.0 Å². The van der Waals surface area contributed by atoms with Gasteiger partial charge in [0.1, 0.15) is 17.8 Å². The predicted molar refractivity (Wildman–Crippen MR) is 178 cm³/mol. The minimum atomic E-state index is -0.349. The maximum absolute atomic E-state index is 12.5. The number of carbonyl (C=O) groups is 2. The number of pyridine rings is 1. The number of carbonyl (C=O) groups excluding carboxylic acids is 2. The van der Waals surface area contributed by atoms with E-state index in [9.17, 15) is 9.59 Å². The fourth-order valence-corrected chi connectivity index (χ4v) is 3.46. The molecule has 0 aliphatic heterocycles. The Labute approximate surface area is 256 Å². The molecule has 1 aromatic heterocycles. The summed E-state index contributed by atoms with van der Waals surface area (Å²) < 4.78 is 17.1. The zero-order chi connectivity index (χ0) is 32.2. The SMILES string of the molecule is CC.CCC.CCC=O.CNc1ccc(NC(=O)Nc2ccc(C)c(Oc3ccnc4cc(OC)c(OC)cc34)c2)cc1. The van der Waals surface area contributed by atoms with Gasteiger partial charge in [-0.25, -0.2) is 4.79 Å². The quantitative estimate of drug-likeness (QED) is 0.176. The van der Waals surface area contributed by atoms with Gasteiger partial charge in [0.15, 0.2) is 11.5 Å². The number of hydrogen-bond acceptors (Lipinski definition) is 7. The van der Waals surface area contributed by atoms with Crippen LogP contribution in [0.1, 0.15) is 53.0 Å². The van der Waals surface area contributed by atoms with Crippen molar-refractivity contribution in [1.82, 2.24) is 4.98 Å². The molecule has 0 radical (unpaired) electrons. The Morgan fingerprint density at radius 2 is 1.33 bits per heavy atom. The van der Waals surface area contributed by atoms with E-state index in [1.165, 1.54) is 6.42 Å². The molecule has 0 aliphatic carbocycles. The van der Waals surface area contributed by atoms with Crippen molar-refractivity contribution >= 4 is 40.3 Å². The second-order valence-corrected chi connectivity index (χ2v) is 8.80. The first-order valence-electron chi connectivity index (χ1n) is 14.4. The van der Waals surface area contributed by atoms with Crippen LogP contribution in [0.4, 0.5) is 21.9 Å². The first kappa shape index (κ1) is 36.2. The molecule has 0 fully saturated rings. The maximum atomic E-state index is 12.5. The number of ether oxygens (including phenoxy) is 3. The second-order valence-electron chi connectivity index (χ2n) is 8.80. The molecule has 3 aromatic carbocycles. The van der Waals surface area contributed by atoms with Crippen molar-refractivity contribution in [2.45, 2.75) is 54.4 Å². The molecule has 4 rings (SSSR count). The van der Waals surface area contributed by atoms with E-state index in [1.807, 2.05) is 77.2 Å². The number of benzene rings is 3. The van der Waals surface area contributed by atoms with Gasteiger partial charge < -0.3 is 35.0 Å². The van der Waals surface area contributed by atoms with Crippen LogP contribution in [0.3, 0.4) is 0 Å². The van der Waals surface area contributed by atoms with Gasteiger partial charge in [-0.15, -0.1) is 0 Å². The second kappa shape index (κ2) is 20.1. The highest BCUT2D eigenvalue weighted by Gasteiger charge is 2.13. The number of anilines is 3. The minimum absolute atomic E-state index is 0.349. The summed E-state index contributed by atoms with van der Waals surface area (Å²) in [5.74, 6) is 2.40. The van der Waals surface area contributed by atoms with Crippen LogP contribution >= 0.6 is 0 Å². The van der Waals surface area contributed by atoms with Crippen LogP contribution in [0.25, 0.3) is 10.9 Å². The third-order valence-corrected chi connectivity index (χ3v) is 5.47. The number of aromatic nitrogens is 1. The number of fused-ring (bicyclic) bond motifs is 1. The van der Waals surface area contributed by atoms with Gasteiger partial charge in [-0.3, -0.25) is 4.98 Å². The minimum Gasteiger partial charge on any atom is -0.493 e. The van der Waals surface area contributed by atoms with Gasteiger partial charge in [0, 0.05) is 54.2 Å². The topological polar surface area (TPSA) is 111 Å². The number of nitrogens with one attached hydrogen (secondary N) is 3. The molecule has 4 aromatic rings. The largest absolute Gasteiger partial charge is 0.493 e. The van der Waals surface area contributed by atoms with Gasteiger partial charge in [-0.1, -0.05) is 47.1 Å². The molecule has 0 bridgehead atoms. The first-order chi connectivity index (χ1) is 20.8. The number of nitrogens with zero attached hydrogens (tertiary/aromatic N) is 1. The number of amides is 2. The van der Waals surface area contributed by atoms with E-state index in [2.05, 4.69) is 34.8 Å². The summed E-state index contributed by atoms with van der Waals surface area (Å²) in [5, 5.41) is 9.49. The Balaban J connectivity index is 0.000000916. The zero-order valence-electron chi connectivity index (χ0n) is 26.8. The summed E-state index contributed by atoms with van der Waals surface area (Å²) in [5.41, 5.74) is 3.88. The molecule has 2 amide bonds. The Morgan fingerprint density at radius 1 is 0.791 bits per heavy atom. The molecule has 9 nitrogen and oxygen atoms in total. The van der Waals surface area contributed by atoms with E-state index in [-0.39, 0.29) is 6.03 Å². The zero-order valence-corrected chi connectivity index (χ0v) is 26.8. The van der Waals surface area contributed by atoms with Crippen molar-refractivity contribution in [1.29, 1.82) is 0 Å². The molecule has 0 unspecified atom stereocenters. The van der Waals surface area contributed by atoms with Crippen LogP contribution in [0.5, 0.6) is 23.0 Å². The van der Waals surface area contributed by atoms with Gasteiger partial charge in [0.2, 0.25) is 0 Å². The van der Waals surface area contributed by atoms with Crippen molar-refractivity contribution in [3.8, 4) is 23.0 Å². The number of aryl methyl sites for hydroxylation is 1. The molecule has 0 spiro atoms. The summed E-state index contributed by atoms with van der Waals surface area (Å²) in [7, 11) is 5.01. The Bertz CT molecular complexity index is 1410. The molecule has 232 valence electrons. The molecule has 0 atom stereocenters. The van der Waals surface area contributed by atoms with Gasteiger partial charge >= 0.3 is 6.03 Å². The first-order valence-corrected chi connectivity index (χ1v) is 14.4. The van der Waals surface area contributed by atoms with E-state index in [0.717, 1.165) is 22.9 Å². The lowest BCUT2D eigenvalue weighted by molar-refractivity contribution is -0.107. The van der Waals surface area contributed by atoms with E-state index < -0.39 is 0 Å². The summed E-state index contributed by atoms with van der Waals surface area (Å²) in [6.07, 6.45) is 4.44. The van der Waals surface area contributed by atoms with Crippen LogP contribution < -0.4 is 30.2 Å². The molecular weight excluding hydrogens is 544 g/mol. The lowest BCUT2D eigenvalue weighted by Crippen LogP contribution is -2.19. The fraction of sp³-hybridized carbons (Fsp3) is 0.324. The average molecular weight is 591 g/mol. The van der Waals surface area contributed by atoms with E-state index in [4.69, 9.17) is 14.2 Å². The summed E-state index contributed by atoms with van der Waals surface area (Å²) in [4.78, 5) is 26.1. The van der Waals surface area contributed by atoms with E-state index in [1.54, 1.807) is 38.6 Å². The highest BCUT2D eigenvalue weighted by atomic mass is 16.5. The van der Waals surface area contributed by atoms with E-state index in [0.29, 0.717) is 46.3 Å². The van der Waals surface area contributed by atoms with Crippen LogP contribution in [0.15, 0.2) is 66.9 Å². The van der Waals surface area contributed by atoms with E-state index >= 15 is 0 Å². The lowest BCUT2D eigenvalue weighted by atomic mass is 10.1. The van der Waals surface area contributed by atoms with Gasteiger partial charge in [-0.2, -0.15) is 0 Å². The monoisotopic (exact) mass is 590 g/mol. The molecule has 9 heteroatoms. The number of methoxy groups -OCH3 is 2. The highest BCUT2D eigenvalue weighted by molar-refractivity contribution is 6.00. The molecule has 0 aliphatic rings. The lowest BCUT2D eigenvalue weighted by Gasteiger charge is -2.15. The van der Waals surface area contributed by atoms with Crippen LogP contribution in [0, 0.1) is 6.92 Å². The van der Waals surface area contributed by atoms with Crippen molar-refractivity contribution < 1.29 is 23.8 Å². The smallest absolute Gasteiger partial charge is 0.323 e. The van der Waals surface area contributed by atoms with Crippen LogP contribution in [-0.2, 0) is 4.79 Å². The third-order valence-electron chi connectivity index (χ3n) is 5.47. The molecule has 1 heterocycles. The Morgan fingerprint density at radius 3 is 1.88 bits per heavy atom. The number of hydrogen-bond donors (Lipinski definition) is 3. The normalized spacial score (nSPS) is 9.42. The summed E-state index contributed by atoms with van der Waals surface area (Å²) in [6.45, 7) is 12.0. The van der Waals surface area contributed by atoms with Crippen molar-refractivity contribution in [2.75, 3.05) is 37.2 Å². The fourth-order valence-electron chi connectivity index (χ4n) is 3.46. The molecule has 43 heavy (non-hydrogen) atoms. The molecule has 0 saturated heterocycles. The van der Waals surface area contributed by atoms with Gasteiger partial charge in [0.05, 0.1) is 19.7 Å². The summed E-state index contributed by atoms with van der Waals surface area (Å²) in [6, 6.07) is 18.0. The highest BCUT2D eigenvalue weighted by Crippen LogP contribution is 2.38. The predicted octanol–water partition coefficient (Wildman–Crippen LogP) is 9.08. The summed E-state index contributed by atoms with van der Waals surface area (Å²) >= 11 is 0. The third kappa shape index (κ3) is 11.5. The number of urea groups is 1. The number of rotatable bonds is 8. The average Bonchev–Trinajstić information content (AvgIpc) is 3.04. The van der Waals surface area contributed by atoms with Gasteiger partial charge in [0.25, 0.3) is 0 Å². The Kier molecular flexibility index (Phi) is 17.0. The van der Waals surface area contributed by atoms with Crippen LogP contribution in [-0.4, -0.2) is 38.6 Å². The van der Waals surface area contributed by atoms with Crippen molar-refractivity contribution in [3.63, 3.8) is 0 Å². The standard InChI is InChI=1S/C26H26N4O4.C3H6O.C3H8.C2H6/c1-16-5-6-19(30-26(31)29-18-9-7-17(27-2)8-10-18)13-23(16)34-22-11-12-28-21-15-25(33-4)24(32-3)14-20(21)22;1-2-3-4;1-3-2;1-2/h5-15,27H,1-4H3,(H2,29,30,31);3H,2H2,1H3;3H2,1-2H3;1-2H3. The molecule has 0 saturated carbocycles. The van der Waals surface area contributed by atoms with Crippen LogP contribution in [0.2, 0.25) is 0 Å². The number of aldehydes is 1. The Hall–Kier alpha value is -4.79. The molecule has 3 N–H and O–H groups in total. The molecular formula is C34H46N4O5.